The lowest BCUT2D eigenvalue weighted by atomic mass is 10.0. The van der Waals surface area contributed by atoms with Gasteiger partial charge in [-0.3, -0.25) is 0 Å². The minimum absolute atomic E-state index is 0.433. The van der Waals surface area contributed by atoms with Crippen LogP contribution in [0.1, 0.15) is 25.3 Å². The second-order valence-electron chi connectivity index (χ2n) is 4.35. The van der Waals surface area contributed by atoms with E-state index in [-0.39, 0.29) is 0 Å². The van der Waals surface area contributed by atoms with E-state index in [1.807, 2.05) is 36.4 Å². The molecule has 0 aliphatic carbocycles. The van der Waals surface area contributed by atoms with Crippen molar-refractivity contribution in [2.75, 3.05) is 0 Å². The van der Waals surface area contributed by atoms with E-state index in [4.69, 9.17) is 4.74 Å². The molecule has 0 unspecified atom stereocenters. The number of para-hydroxylation sites is 2. The highest BCUT2D eigenvalue weighted by Gasteiger charge is 2.11. The van der Waals surface area contributed by atoms with E-state index < -0.39 is 0 Å². The van der Waals surface area contributed by atoms with Gasteiger partial charge in [-0.25, -0.2) is 0 Å². The van der Waals surface area contributed by atoms with E-state index in [1.165, 1.54) is 5.56 Å². The fraction of sp³-hybridized carbons (Fsp3) is 0.200. The molecule has 0 fully saturated rings. The Morgan fingerprint density at radius 2 is 1.50 bits per heavy atom. The molecule has 2 aromatic rings. The van der Waals surface area contributed by atoms with Crippen molar-refractivity contribution >= 4 is 31.9 Å². The van der Waals surface area contributed by atoms with Crippen LogP contribution in [0.4, 0.5) is 0 Å². The van der Waals surface area contributed by atoms with Gasteiger partial charge in [-0.05, 0) is 61.5 Å². The zero-order valence-corrected chi connectivity index (χ0v) is 13.5. The quantitative estimate of drug-likeness (QED) is 0.632. The van der Waals surface area contributed by atoms with Crippen molar-refractivity contribution in [2.45, 2.75) is 19.8 Å². The summed E-state index contributed by atoms with van der Waals surface area (Å²) in [5.74, 6) is 2.15. The van der Waals surface area contributed by atoms with Crippen LogP contribution in [-0.4, -0.2) is 0 Å². The maximum absolute atomic E-state index is 6.04. The average molecular weight is 370 g/mol. The Morgan fingerprint density at radius 3 is 2.11 bits per heavy atom. The Labute approximate surface area is 124 Å². The normalized spacial score (nSPS) is 10.7. The van der Waals surface area contributed by atoms with E-state index in [0.29, 0.717) is 5.92 Å². The number of ether oxygens (including phenoxy) is 1. The van der Waals surface area contributed by atoms with Gasteiger partial charge in [0.1, 0.15) is 5.75 Å². The summed E-state index contributed by atoms with van der Waals surface area (Å²) < 4.78 is 7.92. The van der Waals surface area contributed by atoms with Crippen molar-refractivity contribution in [3.8, 4) is 11.5 Å². The van der Waals surface area contributed by atoms with Gasteiger partial charge in [0.25, 0.3) is 0 Å². The second kappa shape index (κ2) is 5.89. The van der Waals surface area contributed by atoms with Crippen LogP contribution in [0.15, 0.2) is 51.4 Å². The molecule has 2 aromatic carbocycles. The lowest BCUT2D eigenvalue weighted by molar-refractivity contribution is 0.467. The van der Waals surface area contributed by atoms with Gasteiger partial charge in [-0.2, -0.15) is 0 Å². The van der Waals surface area contributed by atoms with Crippen molar-refractivity contribution < 1.29 is 4.74 Å². The zero-order chi connectivity index (χ0) is 13.1. The van der Waals surface area contributed by atoms with Gasteiger partial charge in [-0.1, -0.05) is 38.1 Å². The predicted octanol–water partition coefficient (Wildman–Crippen LogP) is 6.13. The maximum atomic E-state index is 6.04. The highest BCUT2D eigenvalue weighted by molar-refractivity contribution is 9.11. The molecule has 0 N–H and O–H groups in total. The van der Waals surface area contributed by atoms with E-state index in [1.54, 1.807) is 0 Å². The first-order chi connectivity index (χ1) is 8.59. The van der Waals surface area contributed by atoms with Gasteiger partial charge in [0.15, 0.2) is 5.75 Å². The van der Waals surface area contributed by atoms with Crippen LogP contribution in [0.25, 0.3) is 0 Å². The molecule has 94 valence electrons. The molecule has 0 heterocycles. The molecule has 1 nitrogen and oxygen atoms in total. The van der Waals surface area contributed by atoms with Gasteiger partial charge in [0, 0.05) is 0 Å². The lowest BCUT2D eigenvalue weighted by Gasteiger charge is -2.15. The van der Waals surface area contributed by atoms with Crippen molar-refractivity contribution in [3.05, 3.63) is 57.0 Å². The highest BCUT2D eigenvalue weighted by atomic mass is 79.9. The van der Waals surface area contributed by atoms with Crippen LogP contribution in [0.2, 0.25) is 0 Å². The molecule has 0 aromatic heterocycles. The largest absolute Gasteiger partial charge is 0.455 e. The molecular formula is C15H14Br2O. The topological polar surface area (TPSA) is 9.23 Å². The monoisotopic (exact) mass is 368 g/mol. The van der Waals surface area contributed by atoms with E-state index in [0.717, 1.165) is 20.4 Å². The lowest BCUT2D eigenvalue weighted by Crippen LogP contribution is -1.94. The average Bonchev–Trinajstić information content (AvgIpc) is 2.34. The summed E-state index contributed by atoms with van der Waals surface area (Å²) >= 11 is 7.02. The van der Waals surface area contributed by atoms with E-state index >= 15 is 0 Å². The zero-order valence-electron chi connectivity index (χ0n) is 10.3. The first-order valence-corrected chi connectivity index (χ1v) is 7.39. The summed E-state index contributed by atoms with van der Waals surface area (Å²) in [6.45, 7) is 4.33. The van der Waals surface area contributed by atoms with Crippen LogP contribution in [0.5, 0.6) is 11.5 Å². The fourth-order valence-corrected chi connectivity index (χ4v) is 2.90. The molecule has 0 amide bonds. The van der Waals surface area contributed by atoms with Gasteiger partial charge in [-0.15, -0.1) is 0 Å². The summed E-state index contributed by atoms with van der Waals surface area (Å²) in [6, 6.07) is 14.0. The predicted molar refractivity (Wildman–Crippen MR) is 82.4 cm³/mol. The molecule has 0 saturated heterocycles. The third kappa shape index (κ3) is 2.96. The van der Waals surface area contributed by atoms with Gasteiger partial charge in [0.2, 0.25) is 0 Å². The molecule has 3 heteroatoms. The number of hydrogen-bond acceptors (Lipinski definition) is 1. The molecule has 0 aliphatic rings. The minimum Gasteiger partial charge on any atom is -0.455 e. The van der Waals surface area contributed by atoms with Crippen molar-refractivity contribution in [1.82, 2.24) is 0 Å². The summed E-state index contributed by atoms with van der Waals surface area (Å²) in [4.78, 5) is 0. The molecule has 0 aliphatic heterocycles. The molecular weight excluding hydrogens is 356 g/mol. The number of halogens is 2. The number of rotatable bonds is 3. The summed E-state index contributed by atoms with van der Waals surface area (Å²) in [5.41, 5.74) is 1.21. The van der Waals surface area contributed by atoms with Crippen molar-refractivity contribution in [2.24, 2.45) is 0 Å². The second-order valence-corrected chi connectivity index (χ2v) is 6.05. The Bertz CT molecular complexity index is 530. The van der Waals surface area contributed by atoms with E-state index in [9.17, 15) is 0 Å². The molecule has 0 radical (unpaired) electrons. The molecule has 0 spiro atoms. The molecule has 2 rings (SSSR count). The third-order valence-corrected chi connectivity index (χ3v) is 3.92. The van der Waals surface area contributed by atoms with Crippen LogP contribution >= 0.6 is 31.9 Å². The molecule has 0 saturated carbocycles. The first kappa shape index (κ1) is 13.6. The maximum Gasteiger partial charge on any atom is 0.155 e. The molecule has 0 atom stereocenters. The third-order valence-electron chi connectivity index (χ3n) is 2.67. The summed E-state index contributed by atoms with van der Waals surface area (Å²) in [5, 5.41) is 0. The molecule has 0 bridgehead atoms. The van der Waals surface area contributed by atoms with Gasteiger partial charge < -0.3 is 4.74 Å². The van der Waals surface area contributed by atoms with Gasteiger partial charge >= 0.3 is 0 Å². The standard InChI is InChI=1S/C15H14Br2O/c1-10(2)11-6-3-4-9-14(11)18-15-12(16)7-5-8-13(15)17/h3-10H,1-2H3. The Balaban J connectivity index is 2.40. The highest BCUT2D eigenvalue weighted by Crippen LogP contribution is 2.38. The van der Waals surface area contributed by atoms with Crippen LogP contribution in [-0.2, 0) is 0 Å². The van der Waals surface area contributed by atoms with Crippen LogP contribution in [0.3, 0.4) is 0 Å². The molecule has 18 heavy (non-hydrogen) atoms. The SMILES string of the molecule is CC(C)c1ccccc1Oc1c(Br)cccc1Br. The minimum atomic E-state index is 0.433. The van der Waals surface area contributed by atoms with Crippen molar-refractivity contribution in [1.29, 1.82) is 0 Å². The Kier molecular flexibility index (Phi) is 4.46. The Morgan fingerprint density at radius 1 is 0.889 bits per heavy atom. The smallest absolute Gasteiger partial charge is 0.155 e. The number of hydrogen-bond donors (Lipinski definition) is 0. The summed E-state index contributed by atoms with van der Waals surface area (Å²) in [6.07, 6.45) is 0. The fourth-order valence-electron chi connectivity index (χ4n) is 1.74. The van der Waals surface area contributed by atoms with Crippen LogP contribution in [0, 0.1) is 0 Å². The number of benzene rings is 2. The Hall–Kier alpha value is -0.800. The summed E-state index contributed by atoms with van der Waals surface area (Å²) in [7, 11) is 0. The first-order valence-electron chi connectivity index (χ1n) is 5.80. The van der Waals surface area contributed by atoms with Gasteiger partial charge in [0.05, 0.1) is 8.95 Å². The van der Waals surface area contributed by atoms with E-state index in [2.05, 4.69) is 51.8 Å². The van der Waals surface area contributed by atoms with Crippen molar-refractivity contribution in [3.63, 3.8) is 0 Å². The van der Waals surface area contributed by atoms with Crippen LogP contribution < -0.4 is 4.74 Å².